The first kappa shape index (κ1) is 12.0. The second kappa shape index (κ2) is 4.62. The molecule has 0 spiro atoms. The largest absolute Gasteiger partial charge is 0.351 e. The highest BCUT2D eigenvalue weighted by molar-refractivity contribution is 6.33. The van der Waals surface area contributed by atoms with Gasteiger partial charge in [-0.1, -0.05) is 32.4 Å². The third-order valence-electron chi connectivity index (χ3n) is 1.80. The van der Waals surface area contributed by atoms with Crippen molar-refractivity contribution in [3.8, 4) is 0 Å². The molecule has 0 aromatic carbocycles. The molecule has 1 heterocycles. The van der Waals surface area contributed by atoms with Crippen LogP contribution >= 0.6 is 11.6 Å². The predicted molar refractivity (Wildman–Crippen MR) is 61.0 cm³/mol. The van der Waals surface area contributed by atoms with Crippen LogP contribution in [0.2, 0.25) is 5.02 Å². The van der Waals surface area contributed by atoms with Crippen LogP contribution in [0.5, 0.6) is 0 Å². The summed E-state index contributed by atoms with van der Waals surface area (Å²) in [5, 5.41) is 3.21. The van der Waals surface area contributed by atoms with Crippen LogP contribution in [0.4, 0.5) is 0 Å². The molecule has 1 N–H and O–H groups in total. The third kappa shape index (κ3) is 3.88. The first-order chi connectivity index (χ1) is 6.90. The number of aromatic nitrogens is 1. The van der Waals surface area contributed by atoms with E-state index in [2.05, 4.69) is 31.1 Å². The molecule has 1 aromatic rings. The number of nitrogens with zero attached hydrogens (tertiary/aromatic N) is 1. The van der Waals surface area contributed by atoms with Crippen molar-refractivity contribution in [3.05, 3.63) is 29.0 Å². The van der Waals surface area contributed by atoms with Crippen molar-refractivity contribution in [1.29, 1.82) is 0 Å². The monoisotopic (exact) mass is 226 g/mol. The van der Waals surface area contributed by atoms with Crippen LogP contribution in [-0.4, -0.2) is 17.4 Å². The number of hydrogen-bond donors (Lipinski definition) is 1. The topological polar surface area (TPSA) is 42.0 Å². The zero-order valence-corrected chi connectivity index (χ0v) is 9.93. The number of rotatable bonds is 2. The highest BCUT2D eigenvalue weighted by Gasteiger charge is 2.14. The Balaban J connectivity index is 2.66. The molecule has 1 amide bonds. The van der Waals surface area contributed by atoms with Gasteiger partial charge in [-0.05, 0) is 11.5 Å². The van der Waals surface area contributed by atoms with E-state index in [1.54, 1.807) is 12.3 Å². The lowest BCUT2D eigenvalue weighted by molar-refractivity contribution is 0.0939. The molecule has 0 aliphatic carbocycles. The Morgan fingerprint density at radius 2 is 2.20 bits per heavy atom. The van der Waals surface area contributed by atoms with Gasteiger partial charge >= 0.3 is 0 Å². The van der Waals surface area contributed by atoms with Crippen LogP contribution in [0.25, 0.3) is 0 Å². The van der Waals surface area contributed by atoms with Gasteiger partial charge in [0.25, 0.3) is 5.91 Å². The number of hydrogen-bond acceptors (Lipinski definition) is 2. The minimum absolute atomic E-state index is 0.0646. The molecule has 4 heteroatoms. The molecule has 0 bridgehead atoms. The van der Waals surface area contributed by atoms with Crippen molar-refractivity contribution < 1.29 is 4.79 Å². The smallest absolute Gasteiger partial charge is 0.252 e. The van der Waals surface area contributed by atoms with Crippen molar-refractivity contribution >= 4 is 17.5 Å². The SMILES string of the molecule is CC(C)(C)CNC(=O)c1ccncc1Cl. The van der Waals surface area contributed by atoms with Gasteiger partial charge in [-0.15, -0.1) is 0 Å². The van der Waals surface area contributed by atoms with Gasteiger partial charge in [-0.25, -0.2) is 0 Å². The van der Waals surface area contributed by atoms with Crippen molar-refractivity contribution in [1.82, 2.24) is 10.3 Å². The van der Waals surface area contributed by atoms with E-state index in [0.29, 0.717) is 17.1 Å². The van der Waals surface area contributed by atoms with E-state index in [9.17, 15) is 4.79 Å². The molecule has 0 aliphatic rings. The Morgan fingerprint density at radius 1 is 1.53 bits per heavy atom. The maximum absolute atomic E-state index is 11.7. The Bertz CT molecular complexity index is 358. The van der Waals surface area contributed by atoms with Crippen molar-refractivity contribution in [3.63, 3.8) is 0 Å². The van der Waals surface area contributed by atoms with Gasteiger partial charge in [-0.3, -0.25) is 9.78 Å². The number of amides is 1. The summed E-state index contributed by atoms with van der Waals surface area (Å²) in [4.78, 5) is 15.5. The van der Waals surface area contributed by atoms with Crippen LogP contribution in [0, 0.1) is 5.41 Å². The molecule has 0 radical (unpaired) electrons. The standard InChI is InChI=1S/C11H15ClN2O/c1-11(2,3)7-14-10(15)8-4-5-13-6-9(8)12/h4-6H,7H2,1-3H3,(H,14,15). The molecule has 0 aliphatic heterocycles. The van der Waals surface area contributed by atoms with E-state index < -0.39 is 0 Å². The number of halogens is 1. The third-order valence-corrected chi connectivity index (χ3v) is 2.10. The van der Waals surface area contributed by atoms with Crippen LogP contribution in [0.1, 0.15) is 31.1 Å². The minimum Gasteiger partial charge on any atom is -0.351 e. The average Bonchev–Trinajstić information content (AvgIpc) is 2.14. The van der Waals surface area contributed by atoms with Gasteiger partial charge in [0.1, 0.15) is 0 Å². The van der Waals surface area contributed by atoms with Crippen molar-refractivity contribution in [2.45, 2.75) is 20.8 Å². The predicted octanol–water partition coefficient (Wildman–Crippen LogP) is 2.51. The Morgan fingerprint density at radius 3 is 2.73 bits per heavy atom. The Labute approximate surface area is 94.9 Å². The fourth-order valence-corrected chi connectivity index (χ4v) is 1.21. The highest BCUT2D eigenvalue weighted by Crippen LogP contribution is 2.14. The molecule has 0 saturated heterocycles. The lowest BCUT2D eigenvalue weighted by atomic mass is 9.97. The molecule has 3 nitrogen and oxygen atoms in total. The number of nitrogens with one attached hydrogen (secondary N) is 1. The zero-order chi connectivity index (χ0) is 11.5. The summed E-state index contributed by atoms with van der Waals surface area (Å²) >= 11 is 5.85. The van der Waals surface area contributed by atoms with E-state index in [1.165, 1.54) is 6.20 Å². The second-order valence-corrected chi connectivity index (χ2v) is 5.01. The fourth-order valence-electron chi connectivity index (χ4n) is 1.00. The van der Waals surface area contributed by atoms with E-state index >= 15 is 0 Å². The summed E-state index contributed by atoms with van der Waals surface area (Å²) in [5.74, 6) is -0.155. The first-order valence-electron chi connectivity index (χ1n) is 4.78. The molecule has 1 aromatic heterocycles. The van der Waals surface area contributed by atoms with Crippen LogP contribution in [0.15, 0.2) is 18.5 Å². The molecule has 0 fully saturated rings. The zero-order valence-electron chi connectivity index (χ0n) is 9.17. The highest BCUT2D eigenvalue weighted by atomic mass is 35.5. The van der Waals surface area contributed by atoms with Gasteiger partial charge < -0.3 is 5.32 Å². The van der Waals surface area contributed by atoms with Gasteiger partial charge in [0.05, 0.1) is 10.6 Å². The average molecular weight is 227 g/mol. The Hall–Kier alpha value is -1.09. The quantitative estimate of drug-likeness (QED) is 0.842. The van der Waals surface area contributed by atoms with Crippen molar-refractivity contribution in [2.75, 3.05) is 6.54 Å². The van der Waals surface area contributed by atoms with E-state index in [1.807, 2.05) is 0 Å². The Kier molecular flexibility index (Phi) is 3.69. The summed E-state index contributed by atoms with van der Waals surface area (Å²) in [6.45, 7) is 6.79. The van der Waals surface area contributed by atoms with Gasteiger partial charge in [0.2, 0.25) is 0 Å². The summed E-state index contributed by atoms with van der Waals surface area (Å²) < 4.78 is 0. The van der Waals surface area contributed by atoms with E-state index in [4.69, 9.17) is 11.6 Å². The summed E-state index contributed by atoms with van der Waals surface area (Å²) in [5.41, 5.74) is 0.533. The normalized spacial score (nSPS) is 11.2. The number of carbonyl (C=O) groups is 1. The van der Waals surface area contributed by atoms with Crippen LogP contribution < -0.4 is 5.32 Å². The molecule has 15 heavy (non-hydrogen) atoms. The summed E-state index contributed by atoms with van der Waals surface area (Å²) in [6.07, 6.45) is 3.02. The summed E-state index contributed by atoms with van der Waals surface area (Å²) in [6, 6.07) is 1.61. The van der Waals surface area contributed by atoms with Gasteiger partial charge in [-0.2, -0.15) is 0 Å². The molecule has 82 valence electrons. The molecule has 0 atom stereocenters. The second-order valence-electron chi connectivity index (χ2n) is 4.60. The maximum atomic E-state index is 11.7. The minimum atomic E-state index is -0.155. The molecule has 1 rings (SSSR count). The van der Waals surface area contributed by atoms with Crippen LogP contribution in [0.3, 0.4) is 0 Å². The van der Waals surface area contributed by atoms with Gasteiger partial charge in [0.15, 0.2) is 0 Å². The number of carbonyl (C=O) groups excluding carboxylic acids is 1. The van der Waals surface area contributed by atoms with Crippen LogP contribution in [-0.2, 0) is 0 Å². The lowest BCUT2D eigenvalue weighted by Gasteiger charge is -2.18. The molecule has 0 unspecified atom stereocenters. The van der Waals surface area contributed by atoms with E-state index in [0.717, 1.165) is 0 Å². The molecule has 0 saturated carbocycles. The maximum Gasteiger partial charge on any atom is 0.252 e. The van der Waals surface area contributed by atoms with Crippen molar-refractivity contribution in [2.24, 2.45) is 5.41 Å². The first-order valence-corrected chi connectivity index (χ1v) is 5.16. The van der Waals surface area contributed by atoms with Gasteiger partial charge in [0, 0.05) is 18.9 Å². The lowest BCUT2D eigenvalue weighted by Crippen LogP contribution is -2.32. The fraction of sp³-hybridized carbons (Fsp3) is 0.455. The molecular weight excluding hydrogens is 212 g/mol. The molecular formula is C11H15ClN2O. The number of pyridine rings is 1. The van der Waals surface area contributed by atoms with E-state index in [-0.39, 0.29) is 11.3 Å². The summed E-state index contributed by atoms with van der Waals surface area (Å²) in [7, 11) is 0.